The summed E-state index contributed by atoms with van der Waals surface area (Å²) in [5, 5.41) is 3.71. The van der Waals surface area contributed by atoms with Crippen molar-refractivity contribution >= 4 is 0 Å². The lowest BCUT2D eigenvalue weighted by Crippen LogP contribution is -2.61. The summed E-state index contributed by atoms with van der Waals surface area (Å²) in [5.74, 6) is 0. The summed E-state index contributed by atoms with van der Waals surface area (Å²) in [6, 6.07) is 0.470. The van der Waals surface area contributed by atoms with Gasteiger partial charge in [-0.2, -0.15) is 0 Å². The minimum absolute atomic E-state index is 0.231. The highest BCUT2D eigenvalue weighted by atomic mass is 16.5. The number of nitrogens with zero attached hydrogens (tertiary/aromatic N) is 1. The summed E-state index contributed by atoms with van der Waals surface area (Å²) < 4.78 is 11.2. The molecule has 1 saturated carbocycles. The van der Waals surface area contributed by atoms with Crippen LogP contribution in [-0.4, -0.2) is 63.5 Å². The van der Waals surface area contributed by atoms with E-state index in [1.807, 2.05) is 6.92 Å². The number of methoxy groups -OCH3 is 1. The van der Waals surface area contributed by atoms with Crippen LogP contribution < -0.4 is 5.32 Å². The Kier molecular flexibility index (Phi) is 5.23. The summed E-state index contributed by atoms with van der Waals surface area (Å²) in [6.45, 7) is 8.78. The van der Waals surface area contributed by atoms with Crippen molar-refractivity contribution < 1.29 is 9.47 Å². The minimum atomic E-state index is 0.231. The SMILES string of the molecule is CCOC1CC(NCC2(C)CCN(C)CC2)C1OC. The maximum atomic E-state index is 5.67. The summed E-state index contributed by atoms with van der Waals surface area (Å²) >= 11 is 0. The minimum Gasteiger partial charge on any atom is -0.377 e. The second-order valence-corrected chi connectivity index (χ2v) is 6.53. The van der Waals surface area contributed by atoms with E-state index in [4.69, 9.17) is 9.47 Å². The van der Waals surface area contributed by atoms with Crippen LogP contribution in [0, 0.1) is 5.41 Å². The maximum absolute atomic E-state index is 5.67. The molecular formula is C15H30N2O2. The van der Waals surface area contributed by atoms with Crippen LogP contribution in [0.3, 0.4) is 0 Å². The number of piperidine rings is 1. The molecule has 0 aromatic heterocycles. The predicted molar refractivity (Wildman–Crippen MR) is 77.5 cm³/mol. The molecule has 4 heteroatoms. The Morgan fingerprint density at radius 3 is 2.58 bits per heavy atom. The molecule has 0 spiro atoms. The topological polar surface area (TPSA) is 33.7 Å². The van der Waals surface area contributed by atoms with Gasteiger partial charge in [0.2, 0.25) is 0 Å². The fourth-order valence-corrected chi connectivity index (χ4v) is 3.19. The summed E-state index contributed by atoms with van der Waals surface area (Å²) in [6.07, 6.45) is 4.18. The third-order valence-corrected chi connectivity index (χ3v) is 4.89. The Labute approximate surface area is 117 Å². The largest absolute Gasteiger partial charge is 0.377 e. The average molecular weight is 270 g/mol. The molecule has 1 saturated heterocycles. The van der Waals surface area contributed by atoms with Crippen molar-refractivity contribution in [3.63, 3.8) is 0 Å². The molecule has 1 aliphatic carbocycles. The van der Waals surface area contributed by atoms with Gasteiger partial charge in [-0.05, 0) is 51.7 Å². The molecule has 3 atom stereocenters. The lowest BCUT2D eigenvalue weighted by atomic mass is 9.78. The third kappa shape index (κ3) is 3.69. The Balaban J connectivity index is 1.74. The molecule has 0 amide bonds. The first-order valence-electron chi connectivity index (χ1n) is 7.64. The van der Waals surface area contributed by atoms with Crippen molar-refractivity contribution in [2.75, 3.05) is 40.4 Å². The Bertz CT molecular complexity index is 277. The molecule has 0 bridgehead atoms. The second-order valence-electron chi connectivity index (χ2n) is 6.53. The van der Waals surface area contributed by atoms with Crippen molar-refractivity contribution in [3.8, 4) is 0 Å². The highest BCUT2D eigenvalue weighted by Crippen LogP contribution is 2.32. The van der Waals surface area contributed by atoms with Crippen molar-refractivity contribution in [1.82, 2.24) is 10.2 Å². The predicted octanol–water partition coefficient (Wildman–Crippen LogP) is 1.50. The third-order valence-electron chi connectivity index (χ3n) is 4.89. The van der Waals surface area contributed by atoms with Crippen molar-refractivity contribution in [3.05, 3.63) is 0 Å². The highest BCUT2D eigenvalue weighted by Gasteiger charge is 2.42. The first-order chi connectivity index (χ1) is 9.08. The molecular weight excluding hydrogens is 240 g/mol. The van der Waals surface area contributed by atoms with Crippen molar-refractivity contribution in [2.45, 2.75) is 51.4 Å². The van der Waals surface area contributed by atoms with E-state index in [0.717, 1.165) is 19.6 Å². The van der Waals surface area contributed by atoms with Gasteiger partial charge in [-0.15, -0.1) is 0 Å². The van der Waals surface area contributed by atoms with E-state index >= 15 is 0 Å². The summed E-state index contributed by atoms with van der Waals surface area (Å²) in [4.78, 5) is 2.42. The zero-order valence-corrected chi connectivity index (χ0v) is 12.9. The van der Waals surface area contributed by atoms with Gasteiger partial charge >= 0.3 is 0 Å². The summed E-state index contributed by atoms with van der Waals surface area (Å²) in [7, 11) is 4.01. The van der Waals surface area contributed by atoms with Crippen LogP contribution in [0.4, 0.5) is 0 Å². The number of nitrogens with one attached hydrogen (secondary N) is 1. The van der Waals surface area contributed by atoms with Crippen LogP contribution in [0.25, 0.3) is 0 Å². The molecule has 3 unspecified atom stereocenters. The number of rotatable bonds is 6. The molecule has 0 radical (unpaired) electrons. The average Bonchev–Trinajstić information content (AvgIpc) is 2.37. The van der Waals surface area contributed by atoms with E-state index in [0.29, 0.717) is 11.5 Å². The number of likely N-dealkylation sites (tertiary alicyclic amines) is 1. The highest BCUT2D eigenvalue weighted by molar-refractivity contribution is 4.98. The van der Waals surface area contributed by atoms with E-state index < -0.39 is 0 Å². The molecule has 1 N–H and O–H groups in total. The standard InChI is InChI=1S/C15H30N2O2/c1-5-19-13-10-12(14(13)18-4)16-11-15(2)6-8-17(3)9-7-15/h12-14,16H,5-11H2,1-4H3. The fraction of sp³-hybridized carbons (Fsp3) is 1.00. The first-order valence-corrected chi connectivity index (χ1v) is 7.64. The molecule has 19 heavy (non-hydrogen) atoms. The normalized spacial score (nSPS) is 35.1. The zero-order valence-electron chi connectivity index (χ0n) is 12.9. The molecule has 112 valence electrons. The summed E-state index contributed by atoms with van der Waals surface area (Å²) in [5.41, 5.74) is 0.446. The molecule has 0 aromatic carbocycles. The van der Waals surface area contributed by atoms with Crippen molar-refractivity contribution in [1.29, 1.82) is 0 Å². The van der Waals surface area contributed by atoms with Crippen LogP contribution in [0.15, 0.2) is 0 Å². The Hall–Kier alpha value is -0.160. The van der Waals surface area contributed by atoms with Crippen LogP contribution in [0.1, 0.15) is 33.1 Å². The number of ether oxygens (including phenoxy) is 2. The van der Waals surface area contributed by atoms with Crippen LogP contribution >= 0.6 is 0 Å². The molecule has 4 nitrogen and oxygen atoms in total. The van der Waals surface area contributed by atoms with Gasteiger partial charge in [-0.1, -0.05) is 6.92 Å². The van der Waals surface area contributed by atoms with E-state index in [2.05, 4.69) is 24.2 Å². The lowest BCUT2D eigenvalue weighted by molar-refractivity contribution is -0.132. The lowest BCUT2D eigenvalue weighted by Gasteiger charge is -2.46. The van der Waals surface area contributed by atoms with E-state index in [1.165, 1.54) is 25.9 Å². The van der Waals surface area contributed by atoms with Crippen LogP contribution in [0.2, 0.25) is 0 Å². The maximum Gasteiger partial charge on any atom is 0.0986 e. The molecule has 1 heterocycles. The van der Waals surface area contributed by atoms with Gasteiger partial charge in [0.05, 0.1) is 12.2 Å². The van der Waals surface area contributed by atoms with Gasteiger partial charge in [-0.25, -0.2) is 0 Å². The van der Waals surface area contributed by atoms with Gasteiger partial charge < -0.3 is 19.7 Å². The van der Waals surface area contributed by atoms with Gasteiger partial charge in [-0.3, -0.25) is 0 Å². The van der Waals surface area contributed by atoms with Gasteiger partial charge in [0, 0.05) is 26.3 Å². The molecule has 2 aliphatic rings. The van der Waals surface area contributed by atoms with Crippen molar-refractivity contribution in [2.24, 2.45) is 5.41 Å². The number of hydrogen-bond acceptors (Lipinski definition) is 4. The monoisotopic (exact) mass is 270 g/mol. The smallest absolute Gasteiger partial charge is 0.0986 e. The molecule has 0 aromatic rings. The zero-order chi connectivity index (χ0) is 13.9. The molecule has 2 fully saturated rings. The molecule has 2 rings (SSSR count). The first kappa shape index (κ1) is 15.2. The molecule has 1 aliphatic heterocycles. The quantitative estimate of drug-likeness (QED) is 0.793. The van der Waals surface area contributed by atoms with E-state index in [-0.39, 0.29) is 12.2 Å². The van der Waals surface area contributed by atoms with Gasteiger partial charge in [0.25, 0.3) is 0 Å². The van der Waals surface area contributed by atoms with Crippen LogP contribution in [-0.2, 0) is 9.47 Å². The van der Waals surface area contributed by atoms with Gasteiger partial charge in [0.1, 0.15) is 0 Å². The van der Waals surface area contributed by atoms with Crippen LogP contribution in [0.5, 0.6) is 0 Å². The number of hydrogen-bond donors (Lipinski definition) is 1. The Morgan fingerprint density at radius 2 is 2.00 bits per heavy atom. The fourth-order valence-electron chi connectivity index (χ4n) is 3.19. The van der Waals surface area contributed by atoms with E-state index in [9.17, 15) is 0 Å². The van der Waals surface area contributed by atoms with Gasteiger partial charge in [0.15, 0.2) is 0 Å². The van der Waals surface area contributed by atoms with E-state index in [1.54, 1.807) is 7.11 Å². The Morgan fingerprint density at radius 1 is 1.32 bits per heavy atom. The second kappa shape index (κ2) is 6.53.